The van der Waals surface area contributed by atoms with Crippen molar-refractivity contribution in [2.45, 2.75) is 89.4 Å². The smallest absolute Gasteiger partial charge is 0.260 e. The lowest BCUT2D eigenvalue weighted by Gasteiger charge is -2.28. The van der Waals surface area contributed by atoms with E-state index >= 15 is 0 Å². The molecule has 1 aliphatic rings. The number of aliphatic hydroxyl groups is 1. The summed E-state index contributed by atoms with van der Waals surface area (Å²) in [6.45, 7) is 7.57. The molecule has 0 bridgehead atoms. The Morgan fingerprint density at radius 3 is 2.59 bits per heavy atom. The van der Waals surface area contributed by atoms with Gasteiger partial charge in [-0.15, -0.1) is 0 Å². The molecule has 2 N–H and O–H groups in total. The van der Waals surface area contributed by atoms with E-state index in [0.29, 0.717) is 49.0 Å². The normalized spacial score (nSPS) is 21.1. The Morgan fingerprint density at radius 2 is 1.90 bits per heavy atom. The third-order valence-electron chi connectivity index (χ3n) is 7.77. The molecule has 0 aromatic carbocycles. The minimum Gasteiger partial charge on any atom is -0.451 e. The van der Waals surface area contributed by atoms with Crippen molar-refractivity contribution in [3.8, 4) is 0 Å². The molecule has 4 heterocycles. The van der Waals surface area contributed by atoms with Gasteiger partial charge < -0.3 is 14.8 Å². The van der Waals surface area contributed by atoms with Gasteiger partial charge in [-0.05, 0) is 76.1 Å². The fraction of sp³-hybridized carbons (Fsp3) is 0.533. The lowest BCUT2D eigenvalue weighted by atomic mass is 9.90. The summed E-state index contributed by atoms with van der Waals surface area (Å²) in [5.74, 6) is -0.0882. The van der Waals surface area contributed by atoms with Gasteiger partial charge in [-0.1, -0.05) is 19.9 Å². The number of hydrogen-bond acceptors (Lipinski definition) is 8. The fourth-order valence-electron chi connectivity index (χ4n) is 5.53. The highest BCUT2D eigenvalue weighted by molar-refractivity contribution is 7.89. The number of sulfonamides is 1. The van der Waals surface area contributed by atoms with Crippen LogP contribution in [0.25, 0.3) is 11.1 Å². The van der Waals surface area contributed by atoms with E-state index in [1.165, 1.54) is 16.6 Å². The summed E-state index contributed by atoms with van der Waals surface area (Å²) < 4.78 is 33.5. The van der Waals surface area contributed by atoms with Crippen molar-refractivity contribution < 1.29 is 27.5 Å². The molecule has 4 rings (SSSR count). The van der Waals surface area contributed by atoms with E-state index in [-0.39, 0.29) is 47.6 Å². The number of Topliss-reactive ketones (excluding diaryl/α,β-unsaturated/α-hetero) is 1. The number of rotatable bonds is 11. The second-order valence-electron chi connectivity index (χ2n) is 11.4. The highest BCUT2D eigenvalue weighted by Gasteiger charge is 2.38. The molecule has 1 aliphatic heterocycles. The Labute approximate surface area is 241 Å². The molecule has 41 heavy (non-hydrogen) atoms. The van der Waals surface area contributed by atoms with Gasteiger partial charge in [0.05, 0.1) is 12.1 Å². The van der Waals surface area contributed by atoms with Crippen LogP contribution >= 0.6 is 0 Å². The molecule has 1 saturated heterocycles. The van der Waals surface area contributed by atoms with Gasteiger partial charge in [0, 0.05) is 42.9 Å². The van der Waals surface area contributed by atoms with Gasteiger partial charge in [-0.2, -0.15) is 4.31 Å². The molecule has 0 radical (unpaired) electrons. The van der Waals surface area contributed by atoms with Crippen LogP contribution in [-0.4, -0.2) is 64.2 Å². The molecule has 0 spiro atoms. The third kappa shape index (κ3) is 7.20. The van der Waals surface area contributed by atoms with Gasteiger partial charge in [0.1, 0.15) is 5.52 Å². The maximum Gasteiger partial charge on any atom is 0.260 e. The van der Waals surface area contributed by atoms with E-state index in [0.717, 1.165) is 5.56 Å². The van der Waals surface area contributed by atoms with Crippen LogP contribution in [-0.2, 0) is 14.8 Å². The second kappa shape index (κ2) is 13.2. The zero-order valence-electron chi connectivity index (χ0n) is 24.1. The number of fused-ring (bicyclic) bond motifs is 1. The number of aryl methyl sites for hydroxylation is 1. The number of pyridine rings is 2. The Kier molecular flexibility index (Phi) is 9.93. The SMILES string of the molecule is Cc1c(C(=O)CCCC(CC(C)C)C(=O)N[C@H]2CC[C@@H](C)N(S(=O)(=O)c3ccccn3)C[C@@H]2O)oc2cccnc12. The number of furan rings is 1. The summed E-state index contributed by atoms with van der Waals surface area (Å²) in [7, 11) is -3.90. The molecular weight excluding hydrogens is 544 g/mol. The lowest BCUT2D eigenvalue weighted by Crippen LogP contribution is -2.49. The van der Waals surface area contributed by atoms with Crippen LogP contribution < -0.4 is 5.32 Å². The Balaban J connectivity index is 1.38. The molecule has 3 aromatic heterocycles. The number of β-amino-alcohol motifs (C(OH)–C–C–N with tert-alkyl or cyclic N) is 1. The largest absolute Gasteiger partial charge is 0.451 e. The van der Waals surface area contributed by atoms with E-state index in [2.05, 4.69) is 15.3 Å². The molecule has 1 unspecified atom stereocenters. The number of aromatic nitrogens is 2. The Bertz CT molecular complexity index is 1460. The molecule has 4 atom stereocenters. The molecule has 0 saturated carbocycles. The van der Waals surface area contributed by atoms with Crippen LogP contribution in [0, 0.1) is 18.8 Å². The molecule has 222 valence electrons. The maximum absolute atomic E-state index is 13.4. The minimum absolute atomic E-state index is 0.0674. The summed E-state index contributed by atoms with van der Waals surface area (Å²) in [5.41, 5.74) is 1.97. The molecular formula is C30H40N4O6S. The van der Waals surface area contributed by atoms with Crippen LogP contribution in [0.5, 0.6) is 0 Å². The van der Waals surface area contributed by atoms with Crippen LogP contribution in [0.3, 0.4) is 0 Å². The number of aliphatic hydroxyl groups excluding tert-OH is 1. The molecule has 3 aromatic rings. The topological polar surface area (TPSA) is 143 Å². The van der Waals surface area contributed by atoms with E-state index < -0.39 is 22.2 Å². The van der Waals surface area contributed by atoms with E-state index in [1.807, 2.05) is 20.8 Å². The number of carbonyl (C=O) groups excluding carboxylic acids is 2. The van der Waals surface area contributed by atoms with E-state index in [4.69, 9.17) is 4.42 Å². The fourth-order valence-corrected chi connectivity index (χ4v) is 7.15. The summed E-state index contributed by atoms with van der Waals surface area (Å²) in [6, 6.07) is 7.28. The average molecular weight is 585 g/mol. The van der Waals surface area contributed by atoms with Crippen LogP contribution in [0.15, 0.2) is 52.2 Å². The zero-order valence-corrected chi connectivity index (χ0v) is 24.9. The van der Waals surface area contributed by atoms with Gasteiger partial charge in [-0.25, -0.2) is 13.4 Å². The number of amides is 1. The Morgan fingerprint density at radius 1 is 1.15 bits per heavy atom. The predicted molar refractivity (Wildman–Crippen MR) is 155 cm³/mol. The highest BCUT2D eigenvalue weighted by Crippen LogP contribution is 2.27. The summed E-state index contributed by atoms with van der Waals surface area (Å²) in [4.78, 5) is 34.7. The van der Waals surface area contributed by atoms with Crippen LogP contribution in [0.2, 0.25) is 0 Å². The number of nitrogens with zero attached hydrogens (tertiary/aromatic N) is 3. The van der Waals surface area contributed by atoms with Gasteiger partial charge in [-0.3, -0.25) is 14.6 Å². The predicted octanol–water partition coefficient (Wildman–Crippen LogP) is 4.27. The molecule has 11 heteroatoms. The molecule has 1 amide bonds. The van der Waals surface area contributed by atoms with Gasteiger partial charge in [0.15, 0.2) is 22.2 Å². The first-order chi connectivity index (χ1) is 19.5. The van der Waals surface area contributed by atoms with Crippen molar-refractivity contribution in [3.05, 3.63) is 54.0 Å². The summed E-state index contributed by atoms with van der Waals surface area (Å²) in [6.07, 6.45) is 4.81. The summed E-state index contributed by atoms with van der Waals surface area (Å²) in [5, 5.41) is 14.0. The van der Waals surface area contributed by atoms with Crippen molar-refractivity contribution in [1.82, 2.24) is 19.6 Å². The van der Waals surface area contributed by atoms with Gasteiger partial charge in [0.2, 0.25) is 5.91 Å². The Hall–Kier alpha value is -3.15. The molecule has 1 fully saturated rings. The summed E-state index contributed by atoms with van der Waals surface area (Å²) >= 11 is 0. The van der Waals surface area contributed by atoms with Crippen LogP contribution in [0.1, 0.15) is 75.4 Å². The second-order valence-corrected chi connectivity index (χ2v) is 13.2. The van der Waals surface area contributed by atoms with Gasteiger partial charge in [0.25, 0.3) is 10.0 Å². The van der Waals surface area contributed by atoms with Crippen molar-refractivity contribution >= 4 is 32.8 Å². The van der Waals surface area contributed by atoms with Gasteiger partial charge >= 0.3 is 0 Å². The van der Waals surface area contributed by atoms with Crippen molar-refractivity contribution in [2.75, 3.05) is 6.54 Å². The first kappa shape index (κ1) is 30.8. The lowest BCUT2D eigenvalue weighted by molar-refractivity contribution is -0.127. The monoisotopic (exact) mass is 584 g/mol. The van der Waals surface area contributed by atoms with Crippen molar-refractivity contribution in [3.63, 3.8) is 0 Å². The molecule has 0 aliphatic carbocycles. The highest BCUT2D eigenvalue weighted by atomic mass is 32.2. The maximum atomic E-state index is 13.4. The van der Waals surface area contributed by atoms with Crippen molar-refractivity contribution in [2.24, 2.45) is 11.8 Å². The quantitative estimate of drug-likeness (QED) is 0.318. The van der Waals surface area contributed by atoms with Crippen molar-refractivity contribution in [1.29, 1.82) is 0 Å². The zero-order chi connectivity index (χ0) is 29.7. The number of hydrogen-bond donors (Lipinski definition) is 2. The first-order valence-corrected chi connectivity index (χ1v) is 15.7. The van der Waals surface area contributed by atoms with Crippen LogP contribution in [0.4, 0.5) is 0 Å². The van der Waals surface area contributed by atoms with E-state index in [1.54, 1.807) is 37.4 Å². The number of ketones is 1. The molecule has 10 nitrogen and oxygen atoms in total. The number of carbonyl (C=O) groups is 2. The minimum atomic E-state index is -3.90. The first-order valence-electron chi connectivity index (χ1n) is 14.3. The van der Waals surface area contributed by atoms with E-state index in [9.17, 15) is 23.1 Å². The number of nitrogens with one attached hydrogen (secondary N) is 1. The standard InChI is InChI=1S/C30H40N4O6S/c1-19(2)17-22(9-7-10-24(35)29-21(4)28-26(40-29)11-8-16-32-28)30(37)33-23-14-13-20(3)34(18-25(23)36)41(38,39)27-12-5-6-15-31-27/h5-6,8,11-12,15-16,19-20,22-23,25,36H,7,9-10,13-14,17-18H2,1-4H3,(H,33,37)/t20-,22?,23+,25+/m1/s1. The average Bonchev–Trinajstić information content (AvgIpc) is 3.21. The third-order valence-corrected chi connectivity index (χ3v) is 9.67.